The number of carbonyl (C=O) groups is 1. The zero-order chi connectivity index (χ0) is 18.6. The molecule has 1 N–H and O–H groups in total. The lowest BCUT2D eigenvalue weighted by Crippen LogP contribution is -2.20. The predicted octanol–water partition coefficient (Wildman–Crippen LogP) is 4.68. The molecule has 1 amide bonds. The maximum atomic E-state index is 12.2. The lowest BCUT2D eigenvalue weighted by Gasteiger charge is -2.06. The molecule has 1 heterocycles. The molecule has 3 aromatic carbocycles. The molecule has 0 aliphatic heterocycles. The fraction of sp³-hybridized carbons (Fsp3) is 0.0952. The Bertz CT molecular complexity index is 1110. The number of hydrogen-bond acceptors (Lipinski definition) is 5. The van der Waals surface area contributed by atoms with Gasteiger partial charge in [-0.25, -0.2) is 0 Å². The molecule has 0 saturated carbocycles. The number of hydrogen-bond donors (Lipinski definition) is 1. The zero-order valence-electron chi connectivity index (χ0n) is 14.7. The van der Waals surface area contributed by atoms with Crippen LogP contribution in [0.3, 0.4) is 0 Å². The fourth-order valence-electron chi connectivity index (χ4n) is 2.73. The number of nitrogens with zero attached hydrogens (tertiary/aromatic N) is 2. The van der Waals surface area contributed by atoms with Gasteiger partial charge in [0, 0.05) is 5.56 Å². The molecule has 0 spiro atoms. The number of anilines is 1. The summed E-state index contributed by atoms with van der Waals surface area (Å²) in [6.07, 6.45) is 0. The molecule has 0 fully saturated rings. The maximum Gasteiger partial charge on any atom is 0.264 e. The van der Waals surface area contributed by atoms with Gasteiger partial charge < -0.3 is 4.74 Å². The second-order valence-corrected chi connectivity index (χ2v) is 7.11. The first-order valence-electron chi connectivity index (χ1n) is 8.49. The van der Waals surface area contributed by atoms with E-state index in [1.54, 1.807) is 0 Å². The first-order valence-corrected chi connectivity index (χ1v) is 9.31. The van der Waals surface area contributed by atoms with Gasteiger partial charge >= 0.3 is 0 Å². The van der Waals surface area contributed by atoms with E-state index in [1.807, 2.05) is 73.7 Å². The first-order chi connectivity index (χ1) is 13.2. The molecule has 0 aliphatic rings. The lowest BCUT2D eigenvalue weighted by molar-refractivity contribution is -0.118. The molecule has 0 atom stereocenters. The van der Waals surface area contributed by atoms with Crippen LogP contribution in [0.5, 0.6) is 5.75 Å². The summed E-state index contributed by atoms with van der Waals surface area (Å²) in [5, 5.41) is 14.3. The van der Waals surface area contributed by atoms with Crippen molar-refractivity contribution < 1.29 is 9.53 Å². The van der Waals surface area contributed by atoms with Crippen molar-refractivity contribution in [3.63, 3.8) is 0 Å². The minimum atomic E-state index is -0.268. The van der Waals surface area contributed by atoms with Gasteiger partial charge in [-0.05, 0) is 35.9 Å². The van der Waals surface area contributed by atoms with Crippen molar-refractivity contribution >= 4 is 33.1 Å². The lowest BCUT2D eigenvalue weighted by atomic mass is 10.1. The molecule has 0 aliphatic carbocycles. The van der Waals surface area contributed by atoms with Crippen LogP contribution in [0, 0.1) is 6.92 Å². The molecule has 6 heteroatoms. The van der Waals surface area contributed by atoms with Crippen LogP contribution in [-0.2, 0) is 4.79 Å². The Morgan fingerprint density at radius 3 is 2.70 bits per heavy atom. The van der Waals surface area contributed by atoms with Crippen molar-refractivity contribution in [2.75, 3.05) is 11.9 Å². The third-order valence-electron chi connectivity index (χ3n) is 4.03. The molecule has 4 rings (SSSR count). The minimum absolute atomic E-state index is 0.0856. The van der Waals surface area contributed by atoms with Gasteiger partial charge in [0.2, 0.25) is 5.13 Å². The molecule has 0 saturated heterocycles. The maximum absolute atomic E-state index is 12.2. The van der Waals surface area contributed by atoms with Crippen molar-refractivity contribution in [3.8, 4) is 16.3 Å². The van der Waals surface area contributed by atoms with Crippen molar-refractivity contribution in [1.82, 2.24) is 10.2 Å². The van der Waals surface area contributed by atoms with E-state index in [0.29, 0.717) is 10.9 Å². The standard InChI is InChI=1S/C21H17N3O2S/c1-14-5-4-8-17(11-14)20-23-24-21(27-20)22-19(25)13-26-18-10-9-15-6-2-3-7-16(15)12-18/h2-12H,13H2,1H3,(H,22,24,25). The summed E-state index contributed by atoms with van der Waals surface area (Å²) < 4.78 is 5.60. The Morgan fingerprint density at radius 1 is 1.00 bits per heavy atom. The normalized spacial score (nSPS) is 10.7. The average molecular weight is 375 g/mol. The molecular formula is C21H17N3O2S. The molecule has 134 valence electrons. The summed E-state index contributed by atoms with van der Waals surface area (Å²) in [6, 6.07) is 21.8. The predicted molar refractivity (Wildman–Crippen MR) is 108 cm³/mol. The summed E-state index contributed by atoms with van der Waals surface area (Å²) in [5.74, 6) is 0.386. The summed E-state index contributed by atoms with van der Waals surface area (Å²) in [7, 11) is 0. The summed E-state index contributed by atoms with van der Waals surface area (Å²) >= 11 is 1.34. The molecule has 4 aromatic rings. The fourth-order valence-corrected chi connectivity index (χ4v) is 3.49. The SMILES string of the molecule is Cc1cccc(-c2nnc(NC(=O)COc3ccc4ccccc4c3)s2)c1. The van der Waals surface area contributed by atoms with E-state index in [-0.39, 0.29) is 12.5 Å². The van der Waals surface area contributed by atoms with Gasteiger partial charge in [-0.1, -0.05) is 65.4 Å². The van der Waals surface area contributed by atoms with Crippen molar-refractivity contribution in [2.24, 2.45) is 0 Å². The summed E-state index contributed by atoms with van der Waals surface area (Å²) in [4.78, 5) is 12.2. The highest BCUT2D eigenvalue weighted by molar-refractivity contribution is 7.18. The Kier molecular flexibility index (Phi) is 4.80. The quantitative estimate of drug-likeness (QED) is 0.550. The van der Waals surface area contributed by atoms with Crippen LogP contribution >= 0.6 is 11.3 Å². The topological polar surface area (TPSA) is 64.1 Å². The summed E-state index contributed by atoms with van der Waals surface area (Å²) in [5.41, 5.74) is 2.14. The first kappa shape index (κ1) is 17.2. The van der Waals surface area contributed by atoms with E-state index in [4.69, 9.17) is 4.74 Å². The van der Waals surface area contributed by atoms with E-state index in [9.17, 15) is 4.79 Å². The second kappa shape index (κ2) is 7.55. The van der Waals surface area contributed by atoms with Crippen LogP contribution < -0.4 is 10.1 Å². The molecule has 0 unspecified atom stereocenters. The van der Waals surface area contributed by atoms with Crippen LogP contribution in [0.1, 0.15) is 5.56 Å². The Morgan fingerprint density at radius 2 is 1.85 bits per heavy atom. The molecule has 27 heavy (non-hydrogen) atoms. The van der Waals surface area contributed by atoms with Gasteiger partial charge in [-0.15, -0.1) is 10.2 Å². The van der Waals surface area contributed by atoms with E-state index < -0.39 is 0 Å². The largest absolute Gasteiger partial charge is 0.484 e. The number of rotatable bonds is 5. The number of nitrogens with one attached hydrogen (secondary N) is 1. The van der Waals surface area contributed by atoms with Crippen molar-refractivity contribution in [2.45, 2.75) is 6.92 Å². The van der Waals surface area contributed by atoms with Crippen molar-refractivity contribution in [3.05, 3.63) is 72.3 Å². The third kappa shape index (κ3) is 4.12. The van der Waals surface area contributed by atoms with Crippen LogP contribution in [0.2, 0.25) is 0 Å². The monoisotopic (exact) mass is 375 g/mol. The van der Waals surface area contributed by atoms with Gasteiger partial charge in [-0.2, -0.15) is 0 Å². The second-order valence-electron chi connectivity index (χ2n) is 6.13. The van der Waals surface area contributed by atoms with Crippen LogP contribution in [0.4, 0.5) is 5.13 Å². The number of carbonyl (C=O) groups excluding carboxylic acids is 1. The Hall–Kier alpha value is -3.25. The number of fused-ring (bicyclic) bond motifs is 1. The van der Waals surface area contributed by atoms with Crippen LogP contribution in [0.15, 0.2) is 66.7 Å². The molecule has 0 radical (unpaired) electrons. The zero-order valence-corrected chi connectivity index (χ0v) is 15.5. The molecular weight excluding hydrogens is 358 g/mol. The van der Waals surface area contributed by atoms with E-state index >= 15 is 0 Å². The van der Waals surface area contributed by atoms with Gasteiger partial charge in [0.25, 0.3) is 5.91 Å². The molecule has 1 aromatic heterocycles. The van der Waals surface area contributed by atoms with Crippen LogP contribution in [0.25, 0.3) is 21.3 Å². The van der Waals surface area contributed by atoms with E-state index in [2.05, 4.69) is 15.5 Å². The van der Waals surface area contributed by atoms with Crippen LogP contribution in [-0.4, -0.2) is 22.7 Å². The van der Waals surface area contributed by atoms with Gasteiger partial charge in [0.1, 0.15) is 10.8 Å². The number of benzene rings is 3. The number of ether oxygens (including phenoxy) is 1. The molecule has 0 bridgehead atoms. The Balaban J connectivity index is 1.38. The van der Waals surface area contributed by atoms with Crippen molar-refractivity contribution in [1.29, 1.82) is 0 Å². The number of aromatic nitrogens is 2. The van der Waals surface area contributed by atoms with E-state index in [1.165, 1.54) is 11.3 Å². The summed E-state index contributed by atoms with van der Waals surface area (Å²) in [6.45, 7) is 1.94. The average Bonchev–Trinajstić information content (AvgIpc) is 3.15. The minimum Gasteiger partial charge on any atom is -0.484 e. The van der Waals surface area contributed by atoms with Gasteiger partial charge in [0.15, 0.2) is 6.61 Å². The highest BCUT2D eigenvalue weighted by atomic mass is 32.1. The highest BCUT2D eigenvalue weighted by Gasteiger charge is 2.10. The highest BCUT2D eigenvalue weighted by Crippen LogP contribution is 2.27. The van der Waals surface area contributed by atoms with Gasteiger partial charge in [0.05, 0.1) is 0 Å². The van der Waals surface area contributed by atoms with Gasteiger partial charge in [-0.3, -0.25) is 10.1 Å². The Labute approximate surface area is 160 Å². The van der Waals surface area contributed by atoms with E-state index in [0.717, 1.165) is 26.9 Å². The number of aryl methyl sites for hydroxylation is 1. The number of amides is 1. The molecule has 5 nitrogen and oxygen atoms in total. The smallest absolute Gasteiger partial charge is 0.264 e. The third-order valence-corrected chi connectivity index (χ3v) is 4.91.